The first-order valence-corrected chi connectivity index (χ1v) is 16.3. The molecule has 49 heavy (non-hydrogen) atoms. The van der Waals surface area contributed by atoms with Crippen LogP contribution in [0.4, 0.5) is 0 Å². The van der Waals surface area contributed by atoms with Crippen molar-refractivity contribution in [3.8, 4) is 0 Å². The number of amidine groups is 4. The summed E-state index contributed by atoms with van der Waals surface area (Å²) in [4.78, 5) is 20.0. The highest BCUT2D eigenvalue weighted by molar-refractivity contribution is 6.16. The molecule has 7 heteroatoms. The number of nitrogens with one attached hydrogen (secondary N) is 2. The van der Waals surface area contributed by atoms with Crippen LogP contribution in [0.5, 0.6) is 0 Å². The highest BCUT2D eigenvalue weighted by atomic mass is 16.3. The van der Waals surface area contributed by atoms with Gasteiger partial charge in [-0.25, -0.2) is 20.0 Å². The first-order chi connectivity index (χ1) is 24.2. The van der Waals surface area contributed by atoms with E-state index < -0.39 is 0 Å². The van der Waals surface area contributed by atoms with E-state index in [0.717, 1.165) is 67.0 Å². The second-order valence-corrected chi connectivity index (χ2v) is 12.0. The Morgan fingerprint density at radius 3 is 1.39 bits per heavy atom. The Labute approximate surface area is 283 Å². The fraction of sp³-hybridized carbons (Fsp3) is 0.0476. The van der Waals surface area contributed by atoms with Crippen LogP contribution in [0.25, 0.3) is 21.9 Å². The van der Waals surface area contributed by atoms with E-state index in [1.165, 1.54) is 0 Å². The van der Waals surface area contributed by atoms with E-state index in [1.807, 2.05) is 91.0 Å². The topological polar surface area (TPSA) is 86.6 Å². The van der Waals surface area contributed by atoms with E-state index in [1.54, 1.807) is 0 Å². The van der Waals surface area contributed by atoms with Gasteiger partial charge in [0.2, 0.25) is 0 Å². The average molecular weight is 635 g/mol. The van der Waals surface area contributed by atoms with Gasteiger partial charge < -0.3 is 15.1 Å². The van der Waals surface area contributed by atoms with Gasteiger partial charge in [-0.2, -0.15) is 0 Å². The summed E-state index contributed by atoms with van der Waals surface area (Å²) < 4.78 is 6.53. The molecule has 0 bridgehead atoms. The molecule has 0 fully saturated rings. The minimum atomic E-state index is -0.273. The van der Waals surface area contributed by atoms with Crippen molar-refractivity contribution in [3.63, 3.8) is 0 Å². The zero-order chi connectivity index (χ0) is 32.6. The third-order valence-corrected chi connectivity index (χ3v) is 8.80. The average Bonchev–Trinajstić information content (AvgIpc) is 3.56. The molecule has 2 N–H and O–H groups in total. The lowest BCUT2D eigenvalue weighted by Gasteiger charge is -2.23. The van der Waals surface area contributed by atoms with Crippen molar-refractivity contribution >= 4 is 45.3 Å². The van der Waals surface area contributed by atoms with Crippen LogP contribution >= 0.6 is 0 Å². The number of hydrogen-bond donors (Lipinski definition) is 2. The zero-order valence-corrected chi connectivity index (χ0v) is 26.4. The summed E-state index contributed by atoms with van der Waals surface area (Å²) in [7, 11) is 0. The van der Waals surface area contributed by atoms with Gasteiger partial charge in [0.15, 0.2) is 11.7 Å². The highest BCUT2D eigenvalue weighted by Gasteiger charge is 2.23. The highest BCUT2D eigenvalue weighted by Crippen LogP contribution is 2.32. The normalized spacial score (nSPS) is 17.4. The van der Waals surface area contributed by atoms with Gasteiger partial charge in [0.1, 0.15) is 35.2 Å². The van der Waals surface area contributed by atoms with Crippen molar-refractivity contribution in [1.82, 2.24) is 10.6 Å². The van der Waals surface area contributed by atoms with E-state index in [2.05, 4.69) is 77.4 Å². The molecule has 2 atom stereocenters. The molecule has 2 aliphatic rings. The predicted molar refractivity (Wildman–Crippen MR) is 197 cm³/mol. The predicted octanol–water partition coefficient (Wildman–Crippen LogP) is 8.58. The maximum atomic E-state index is 6.53. The molecular formula is C42H30N6O. The van der Waals surface area contributed by atoms with Gasteiger partial charge in [-0.3, -0.25) is 0 Å². The second-order valence-electron chi connectivity index (χ2n) is 12.0. The summed E-state index contributed by atoms with van der Waals surface area (Å²) in [5, 5.41) is 9.13. The van der Waals surface area contributed by atoms with Crippen molar-refractivity contribution in [2.75, 3.05) is 0 Å². The van der Waals surface area contributed by atoms with Gasteiger partial charge in [0.25, 0.3) is 0 Å². The van der Waals surface area contributed by atoms with Gasteiger partial charge in [-0.1, -0.05) is 133 Å². The molecule has 234 valence electrons. The van der Waals surface area contributed by atoms with Crippen LogP contribution < -0.4 is 10.6 Å². The molecule has 9 rings (SSSR count). The Morgan fingerprint density at radius 2 is 0.837 bits per heavy atom. The summed E-state index contributed by atoms with van der Waals surface area (Å²) in [5.41, 5.74) is 7.44. The van der Waals surface area contributed by atoms with E-state index in [0.29, 0.717) is 11.7 Å². The van der Waals surface area contributed by atoms with Crippen molar-refractivity contribution in [3.05, 3.63) is 191 Å². The van der Waals surface area contributed by atoms with E-state index in [4.69, 9.17) is 24.4 Å². The monoisotopic (exact) mass is 634 g/mol. The zero-order valence-electron chi connectivity index (χ0n) is 26.4. The Balaban J connectivity index is 1.10. The van der Waals surface area contributed by atoms with Gasteiger partial charge in [-0.05, 0) is 35.4 Å². The fourth-order valence-electron chi connectivity index (χ4n) is 6.31. The molecule has 1 aromatic heterocycles. The van der Waals surface area contributed by atoms with E-state index in [-0.39, 0.29) is 12.3 Å². The Morgan fingerprint density at radius 1 is 0.408 bits per heavy atom. The van der Waals surface area contributed by atoms with Gasteiger partial charge in [-0.15, -0.1) is 0 Å². The van der Waals surface area contributed by atoms with Crippen molar-refractivity contribution in [2.24, 2.45) is 20.0 Å². The first kappa shape index (κ1) is 28.6. The Kier molecular flexibility index (Phi) is 7.13. The number of benzene rings is 6. The lowest BCUT2D eigenvalue weighted by Crippen LogP contribution is -2.33. The number of aliphatic imine (C=N–C) groups is 4. The van der Waals surface area contributed by atoms with Gasteiger partial charge in [0.05, 0.1) is 0 Å². The maximum Gasteiger partial charge on any atom is 0.159 e. The summed E-state index contributed by atoms with van der Waals surface area (Å²) in [5.74, 6) is 2.85. The molecule has 3 heterocycles. The molecule has 0 saturated heterocycles. The lowest BCUT2D eigenvalue weighted by atomic mass is 10.1. The molecule has 0 amide bonds. The van der Waals surface area contributed by atoms with Crippen molar-refractivity contribution < 1.29 is 4.42 Å². The molecule has 2 unspecified atom stereocenters. The molecule has 0 radical (unpaired) electrons. The van der Waals surface area contributed by atoms with Crippen LogP contribution in [0, 0.1) is 0 Å². The van der Waals surface area contributed by atoms with Crippen LogP contribution in [-0.2, 0) is 0 Å². The first-order valence-electron chi connectivity index (χ1n) is 16.3. The molecule has 7 aromatic rings. The van der Waals surface area contributed by atoms with Gasteiger partial charge >= 0.3 is 0 Å². The molecule has 0 spiro atoms. The number of furan rings is 1. The van der Waals surface area contributed by atoms with Gasteiger partial charge in [0, 0.05) is 33.0 Å². The molecule has 2 aliphatic heterocycles. The molecule has 0 aliphatic carbocycles. The quantitative estimate of drug-likeness (QED) is 0.192. The lowest BCUT2D eigenvalue weighted by molar-refractivity contribution is 0.665. The van der Waals surface area contributed by atoms with E-state index in [9.17, 15) is 0 Å². The van der Waals surface area contributed by atoms with E-state index >= 15 is 0 Å². The largest absolute Gasteiger partial charge is 0.456 e. The maximum absolute atomic E-state index is 6.53. The minimum Gasteiger partial charge on any atom is -0.456 e. The third-order valence-electron chi connectivity index (χ3n) is 8.80. The van der Waals surface area contributed by atoms with Crippen LogP contribution in [0.3, 0.4) is 0 Å². The SMILES string of the molecule is c1ccc(C2=NC(c3ccccc3)NC(c3ccc4c(c3)oc3cc(C5=NC(c6ccccc6)NC(c6ccccc6)=N5)ccc34)=N2)cc1. The molecule has 7 nitrogen and oxygen atoms in total. The molecule has 0 saturated carbocycles. The minimum absolute atomic E-state index is 0.273. The smallest absolute Gasteiger partial charge is 0.159 e. The number of rotatable bonds is 6. The van der Waals surface area contributed by atoms with Crippen LogP contribution in [0.1, 0.15) is 45.7 Å². The standard InChI is InChI=1S/C42H30N6O/c1-5-13-27(14-6-1)37-43-38(28-15-7-2-8-16-28)46-41(45-37)31-21-23-33-34-24-22-32(26-36(34)49-35(33)25-31)42-47-39(29-17-9-3-10-18-29)44-40(48-42)30-19-11-4-12-20-30/h1-26,37,39H,(H,43,45,46)(H,44,47,48). The second kappa shape index (κ2) is 12.2. The van der Waals surface area contributed by atoms with Crippen molar-refractivity contribution in [2.45, 2.75) is 12.3 Å². The molecule has 6 aromatic carbocycles. The molecular weight excluding hydrogens is 605 g/mol. The summed E-state index contributed by atoms with van der Waals surface area (Å²) >= 11 is 0. The van der Waals surface area contributed by atoms with Crippen molar-refractivity contribution in [1.29, 1.82) is 0 Å². The summed E-state index contributed by atoms with van der Waals surface area (Å²) in [6.45, 7) is 0. The van der Waals surface area contributed by atoms with Crippen LogP contribution in [-0.4, -0.2) is 23.3 Å². The number of hydrogen-bond acceptors (Lipinski definition) is 7. The number of nitrogens with zero attached hydrogens (tertiary/aromatic N) is 4. The fourth-order valence-corrected chi connectivity index (χ4v) is 6.31. The van der Waals surface area contributed by atoms with Crippen LogP contribution in [0.2, 0.25) is 0 Å². The van der Waals surface area contributed by atoms with Crippen LogP contribution in [0.15, 0.2) is 182 Å². The Hall–Kier alpha value is -6.60. The Bertz CT molecular complexity index is 2430. The summed E-state index contributed by atoms with van der Waals surface area (Å²) in [6.07, 6.45) is -0.546. The number of fused-ring (bicyclic) bond motifs is 3. The summed E-state index contributed by atoms with van der Waals surface area (Å²) in [6, 6.07) is 53.1. The third kappa shape index (κ3) is 5.57.